The van der Waals surface area contributed by atoms with E-state index in [0.29, 0.717) is 19.6 Å². The van der Waals surface area contributed by atoms with Crippen LogP contribution in [-0.4, -0.2) is 37.4 Å². The van der Waals surface area contributed by atoms with Crippen LogP contribution in [0.3, 0.4) is 0 Å². The third kappa shape index (κ3) is 5.31. The maximum absolute atomic E-state index is 12.4. The van der Waals surface area contributed by atoms with Gasteiger partial charge >= 0.3 is 0 Å². The first-order chi connectivity index (χ1) is 13.0. The van der Waals surface area contributed by atoms with Crippen molar-refractivity contribution in [3.8, 4) is 0 Å². The third-order valence-electron chi connectivity index (χ3n) is 5.32. The number of hydrogen-bond acceptors (Lipinski definition) is 3. The van der Waals surface area contributed by atoms with Gasteiger partial charge in [0, 0.05) is 42.1 Å². The zero-order valence-corrected chi connectivity index (χ0v) is 17.0. The van der Waals surface area contributed by atoms with Crippen LogP contribution >= 0.6 is 15.9 Å². The van der Waals surface area contributed by atoms with Crippen LogP contribution < -0.4 is 15.5 Å². The maximum atomic E-state index is 12.4. The summed E-state index contributed by atoms with van der Waals surface area (Å²) in [5.74, 6) is -0.307. The van der Waals surface area contributed by atoms with Crippen LogP contribution in [-0.2, 0) is 14.4 Å². The number of hydrogen-bond donors (Lipinski definition) is 2. The third-order valence-corrected chi connectivity index (χ3v) is 5.81. The van der Waals surface area contributed by atoms with Gasteiger partial charge in [-0.2, -0.15) is 0 Å². The molecule has 0 spiro atoms. The topological polar surface area (TPSA) is 78.5 Å². The predicted octanol–water partition coefficient (Wildman–Crippen LogP) is 2.61. The van der Waals surface area contributed by atoms with Crippen LogP contribution in [0.1, 0.15) is 38.5 Å². The molecular weight excluding hydrogens is 410 g/mol. The predicted molar refractivity (Wildman–Crippen MR) is 107 cm³/mol. The minimum absolute atomic E-state index is 0.0427. The Labute approximate surface area is 168 Å². The highest BCUT2D eigenvalue weighted by molar-refractivity contribution is 9.10. The van der Waals surface area contributed by atoms with Crippen LogP contribution in [0.25, 0.3) is 0 Å². The van der Waals surface area contributed by atoms with Gasteiger partial charge in [-0.3, -0.25) is 14.4 Å². The first-order valence-electron chi connectivity index (χ1n) is 9.66. The number of carbonyl (C=O) groups is 3. The SMILES string of the molecule is O=C(NCCNC(=O)C1CC(=O)N(c2cccc(Br)c2)C1)C1CCCCC1. The second-order valence-electron chi connectivity index (χ2n) is 7.30. The molecule has 3 amide bonds. The molecule has 0 bridgehead atoms. The number of nitrogens with zero attached hydrogens (tertiary/aromatic N) is 1. The molecule has 146 valence electrons. The van der Waals surface area contributed by atoms with Gasteiger partial charge in [-0.05, 0) is 31.0 Å². The minimum Gasteiger partial charge on any atom is -0.354 e. The molecule has 1 unspecified atom stereocenters. The molecule has 3 rings (SSSR count). The molecule has 1 aliphatic heterocycles. The molecule has 1 saturated carbocycles. The summed E-state index contributed by atoms with van der Waals surface area (Å²) in [5, 5.41) is 5.76. The van der Waals surface area contributed by atoms with E-state index in [4.69, 9.17) is 0 Å². The molecule has 1 aromatic rings. The summed E-state index contributed by atoms with van der Waals surface area (Å²) in [6.07, 6.45) is 5.61. The monoisotopic (exact) mass is 435 g/mol. The Morgan fingerprint density at radius 2 is 1.70 bits per heavy atom. The molecule has 7 heteroatoms. The van der Waals surface area contributed by atoms with E-state index >= 15 is 0 Å². The fourth-order valence-corrected chi connectivity index (χ4v) is 4.19. The summed E-state index contributed by atoms with van der Waals surface area (Å²) in [7, 11) is 0. The summed E-state index contributed by atoms with van der Waals surface area (Å²) in [6, 6.07) is 7.51. The average molecular weight is 436 g/mol. The largest absolute Gasteiger partial charge is 0.354 e. The lowest BCUT2D eigenvalue weighted by Gasteiger charge is -2.21. The quantitative estimate of drug-likeness (QED) is 0.673. The molecule has 1 atom stereocenters. The van der Waals surface area contributed by atoms with Gasteiger partial charge < -0.3 is 15.5 Å². The molecule has 0 aromatic heterocycles. The normalized spacial score (nSPS) is 20.6. The Morgan fingerprint density at radius 3 is 2.37 bits per heavy atom. The lowest BCUT2D eigenvalue weighted by Crippen LogP contribution is -2.40. The van der Waals surface area contributed by atoms with Crippen LogP contribution in [0, 0.1) is 11.8 Å². The molecule has 2 N–H and O–H groups in total. The summed E-state index contributed by atoms with van der Waals surface area (Å²) >= 11 is 3.40. The number of benzene rings is 1. The van der Waals surface area contributed by atoms with Gasteiger partial charge in [-0.1, -0.05) is 41.3 Å². The summed E-state index contributed by atoms with van der Waals surface area (Å²) in [4.78, 5) is 38.4. The highest BCUT2D eigenvalue weighted by Gasteiger charge is 2.35. The molecular formula is C20H26BrN3O3. The van der Waals surface area contributed by atoms with Crippen LogP contribution in [0.15, 0.2) is 28.7 Å². The highest BCUT2D eigenvalue weighted by atomic mass is 79.9. The molecule has 1 aliphatic carbocycles. The molecule has 1 heterocycles. The van der Waals surface area contributed by atoms with E-state index in [0.717, 1.165) is 35.8 Å². The highest BCUT2D eigenvalue weighted by Crippen LogP contribution is 2.27. The van der Waals surface area contributed by atoms with Crippen molar-refractivity contribution in [2.45, 2.75) is 38.5 Å². The van der Waals surface area contributed by atoms with Crippen molar-refractivity contribution < 1.29 is 14.4 Å². The van der Waals surface area contributed by atoms with E-state index in [1.54, 1.807) is 4.90 Å². The Kier molecular flexibility index (Phi) is 6.88. The molecule has 2 fully saturated rings. The van der Waals surface area contributed by atoms with Crippen LogP contribution in [0.5, 0.6) is 0 Å². The van der Waals surface area contributed by atoms with Crippen molar-refractivity contribution in [3.05, 3.63) is 28.7 Å². The zero-order valence-electron chi connectivity index (χ0n) is 15.4. The molecule has 0 radical (unpaired) electrons. The Bertz CT molecular complexity index is 703. The summed E-state index contributed by atoms with van der Waals surface area (Å²) in [5.41, 5.74) is 0.796. The van der Waals surface area contributed by atoms with E-state index < -0.39 is 0 Å². The zero-order chi connectivity index (χ0) is 19.2. The number of halogens is 1. The second-order valence-corrected chi connectivity index (χ2v) is 8.22. The van der Waals surface area contributed by atoms with Gasteiger partial charge in [-0.15, -0.1) is 0 Å². The molecule has 6 nitrogen and oxygen atoms in total. The summed E-state index contributed by atoms with van der Waals surface area (Å²) < 4.78 is 0.898. The van der Waals surface area contributed by atoms with Gasteiger partial charge in [0.2, 0.25) is 17.7 Å². The maximum Gasteiger partial charge on any atom is 0.227 e. The first-order valence-corrected chi connectivity index (χ1v) is 10.5. The Balaban J connectivity index is 1.41. The number of carbonyl (C=O) groups excluding carboxylic acids is 3. The minimum atomic E-state index is -0.356. The van der Waals surface area contributed by atoms with Gasteiger partial charge in [-0.25, -0.2) is 0 Å². The van der Waals surface area contributed by atoms with Crippen molar-refractivity contribution in [1.29, 1.82) is 0 Å². The van der Waals surface area contributed by atoms with E-state index in [-0.39, 0.29) is 36.0 Å². The Morgan fingerprint density at radius 1 is 1.04 bits per heavy atom. The van der Waals surface area contributed by atoms with Crippen molar-refractivity contribution in [3.63, 3.8) is 0 Å². The Hall–Kier alpha value is -1.89. The van der Waals surface area contributed by atoms with E-state index in [2.05, 4.69) is 26.6 Å². The number of anilines is 1. The molecule has 2 aliphatic rings. The van der Waals surface area contributed by atoms with E-state index in [1.165, 1.54) is 6.42 Å². The van der Waals surface area contributed by atoms with Crippen LogP contribution in [0.4, 0.5) is 5.69 Å². The van der Waals surface area contributed by atoms with Gasteiger partial charge in [0.25, 0.3) is 0 Å². The molecule has 27 heavy (non-hydrogen) atoms. The lowest BCUT2D eigenvalue weighted by molar-refractivity contribution is -0.127. The van der Waals surface area contributed by atoms with Crippen molar-refractivity contribution >= 4 is 39.3 Å². The van der Waals surface area contributed by atoms with Crippen molar-refractivity contribution in [1.82, 2.24) is 10.6 Å². The summed E-state index contributed by atoms with van der Waals surface area (Å²) in [6.45, 7) is 1.20. The van der Waals surface area contributed by atoms with Crippen LogP contribution in [0.2, 0.25) is 0 Å². The number of amides is 3. The number of nitrogens with one attached hydrogen (secondary N) is 2. The second kappa shape index (κ2) is 9.35. The number of rotatable bonds is 6. The van der Waals surface area contributed by atoms with E-state index in [1.807, 2.05) is 24.3 Å². The molecule has 1 aromatic carbocycles. The smallest absolute Gasteiger partial charge is 0.227 e. The average Bonchev–Trinajstić information content (AvgIpc) is 3.07. The van der Waals surface area contributed by atoms with Gasteiger partial charge in [0.1, 0.15) is 0 Å². The van der Waals surface area contributed by atoms with Gasteiger partial charge in [0.15, 0.2) is 0 Å². The fourth-order valence-electron chi connectivity index (χ4n) is 3.80. The standard InChI is InChI=1S/C20H26BrN3O3/c21-16-7-4-8-17(12-16)24-13-15(11-18(24)25)20(27)23-10-9-22-19(26)14-5-2-1-3-6-14/h4,7-8,12,14-15H,1-3,5-6,9-11,13H2,(H,22,26)(H,23,27). The first kappa shape index (κ1) is 19.9. The van der Waals surface area contributed by atoms with Crippen molar-refractivity contribution in [2.24, 2.45) is 11.8 Å². The lowest BCUT2D eigenvalue weighted by atomic mass is 9.89. The van der Waals surface area contributed by atoms with E-state index in [9.17, 15) is 14.4 Å². The van der Waals surface area contributed by atoms with Gasteiger partial charge in [0.05, 0.1) is 5.92 Å². The molecule has 1 saturated heterocycles. The van der Waals surface area contributed by atoms with Crippen molar-refractivity contribution in [2.75, 3.05) is 24.5 Å². The fraction of sp³-hybridized carbons (Fsp3) is 0.550.